The van der Waals surface area contributed by atoms with E-state index >= 15 is 0 Å². The Morgan fingerprint density at radius 2 is 1.96 bits per heavy atom. The van der Waals surface area contributed by atoms with Gasteiger partial charge in [-0.3, -0.25) is 9.69 Å². The van der Waals surface area contributed by atoms with Crippen molar-refractivity contribution < 1.29 is 9.53 Å². The van der Waals surface area contributed by atoms with Gasteiger partial charge in [-0.05, 0) is 72.4 Å². The van der Waals surface area contributed by atoms with Gasteiger partial charge in [-0.15, -0.1) is 0 Å². The number of benzene rings is 1. The van der Waals surface area contributed by atoms with Crippen LogP contribution in [-0.2, 0) is 11.2 Å². The molecule has 26 heavy (non-hydrogen) atoms. The molecule has 4 nitrogen and oxygen atoms in total. The number of thiophene rings is 1. The molecular formula is C21H28N2O2S. The van der Waals surface area contributed by atoms with Crippen LogP contribution in [-0.4, -0.2) is 37.6 Å². The zero-order valence-corrected chi connectivity index (χ0v) is 16.3. The lowest BCUT2D eigenvalue weighted by atomic mass is 10.0. The van der Waals surface area contributed by atoms with E-state index in [1.165, 1.54) is 24.8 Å². The van der Waals surface area contributed by atoms with Crippen LogP contribution in [0.4, 0.5) is 0 Å². The standard InChI is InChI=1S/C21H28N2O2S/c1-25-19-8-5-17(6-9-19)7-10-21(24)22-15-20(18-11-14-26-16-18)23-12-3-2-4-13-23/h5-6,8-9,11,14,16,20H,2-4,7,10,12-13,15H2,1H3,(H,22,24). The maximum Gasteiger partial charge on any atom is 0.220 e. The first-order chi connectivity index (χ1) is 12.8. The normalized spacial score (nSPS) is 16.2. The van der Waals surface area contributed by atoms with Crippen molar-refractivity contribution >= 4 is 17.2 Å². The highest BCUT2D eigenvalue weighted by Gasteiger charge is 2.23. The number of carbonyl (C=O) groups excluding carboxylic acids is 1. The monoisotopic (exact) mass is 372 g/mol. The van der Waals surface area contributed by atoms with Crippen molar-refractivity contribution in [2.24, 2.45) is 0 Å². The highest BCUT2D eigenvalue weighted by Crippen LogP contribution is 2.25. The zero-order chi connectivity index (χ0) is 18.2. The Morgan fingerprint density at radius 3 is 2.62 bits per heavy atom. The van der Waals surface area contributed by atoms with Crippen LogP contribution in [0.15, 0.2) is 41.1 Å². The SMILES string of the molecule is COc1ccc(CCC(=O)NCC(c2ccsc2)N2CCCCC2)cc1. The number of hydrogen-bond acceptors (Lipinski definition) is 4. The lowest BCUT2D eigenvalue weighted by Crippen LogP contribution is -2.40. The molecule has 2 heterocycles. The van der Waals surface area contributed by atoms with Crippen molar-refractivity contribution in [3.63, 3.8) is 0 Å². The van der Waals surface area contributed by atoms with Crippen LogP contribution < -0.4 is 10.1 Å². The summed E-state index contributed by atoms with van der Waals surface area (Å²) in [5, 5.41) is 7.49. The van der Waals surface area contributed by atoms with E-state index in [-0.39, 0.29) is 5.91 Å². The van der Waals surface area contributed by atoms with Crippen molar-refractivity contribution in [1.29, 1.82) is 0 Å². The predicted molar refractivity (Wildman–Crippen MR) is 107 cm³/mol. The second kappa shape index (κ2) is 9.74. The molecule has 1 aliphatic rings. The van der Waals surface area contributed by atoms with Crippen LogP contribution in [0.2, 0.25) is 0 Å². The van der Waals surface area contributed by atoms with E-state index in [4.69, 9.17) is 4.74 Å². The van der Waals surface area contributed by atoms with Crippen molar-refractivity contribution in [3.8, 4) is 5.75 Å². The maximum atomic E-state index is 12.3. The highest BCUT2D eigenvalue weighted by molar-refractivity contribution is 7.07. The van der Waals surface area contributed by atoms with Gasteiger partial charge in [0, 0.05) is 13.0 Å². The number of ether oxygens (including phenoxy) is 1. The van der Waals surface area contributed by atoms with E-state index in [9.17, 15) is 4.79 Å². The number of likely N-dealkylation sites (tertiary alicyclic amines) is 1. The van der Waals surface area contributed by atoms with Gasteiger partial charge in [-0.2, -0.15) is 11.3 Å². The summed E-state index contributed by atoms with van der Waals surface area (Å²) in [5.74, 6) is 0.969. The molecule has 1 N–H and O–H groups in total. The summed E-state index contributed by atoms with van der Waals surface area (Å²) < 4.78 is 5.17. The van der Waals surface area contributed by atoms with Gasteiger partial charge < -0.3 is 10.1 Å². The third kappa shape index (κ3) is 5.32. The summed E-state index contributed by atoms with van der Waals surface area (Å²) in [4.78, 5) is 14.9. The molecule has 1 amide bonds. The third-order valence-corrected chi connectivity index (χ3v) is 5.75. The predicted octanol–water partition coefficient (Wildman–Crippen LogP) is 4.03. The molecule has 3 rings (SSSR count). The van der Waals surface area contributed by atoms with Gasteiger partial charge in [0.05, 0.1) is 13.2 Å². The molecule has 0 aliphatic carbocycles. The minimum atomic E-state index is 0.123. The summed E-state index contributed by atoms with van der Waals surface area (Å²) in [6.07, 6.45) is 5.10. The van der Waals surface area contributed by atoms with Crippen molar-refractivity contribution in [2.45, 2.75) is 38.1 Å². The van der Waals surface area contributed by atoms with E-state index in [1.807, 2.05) is 24.3 Å². The molecule has 1 saturated heterocycles. The highest BCUT2D eigenvalue weighted by atomic mass is 32.1. The second-order valence-corrected chi connectivity index (χ2v) is 7.60. The molecule has 1 aromatic heterocycles. The van der Waals surface area contributed by atoms with Crippen LogP contribution in [0, 0.1) is 0 Å². The Labute approximate surface area is 160 Å². The summed E-state index contributed by atoms with van der Waals surface area (Å²) >= 11 is 1.73. The first-order valence-electron chi connectivity index (χ1n) is 9.42. The number of nitrogens with zero attached hydrogens (tertiary/aromatic N) is 1. The summed E-state index contributed by atoms with van der Waals surface area (Å²) in [7, 11) is 1.66. The van der Waals surface area contributed by atoms with Crippen LogP contribution in [0.3, 0.4) is 0 Å². The minimum Gasteiger partial charge on any atom is -0.497 e. The topological polar surface area (TPSA) is 41.6 Å². The molecule has 0 saturated carbocycles. The quantitative estimate of drug-likeness (QED) is 0.761. The van der Waals surface area contributed by atoms with Crippen LogP contribution in [0.1, 0.15) is 42.9 Å². The first kappa shape index (κ1) is 18.9. The molecule has 140 valence electrons. The van der Waals surface area contributed by atoms with Gasteiger partial charge in [0.15, 0.2) is 0 Å². The van der Waals surface area contributed by atoms with Gasteiger partial charge in [-0.1, -0.05) is 18.6 Å². The lowest BCUT2D eigenvalue weighted by molar-refractivity contribution is -0.121. The smallest absolute Gasteiger partial charge is 0.220 e. The van der Waals surface area contributed by atoms with Gasteiger partial charge in [-0.25, -0.2) is 0 Å². The molecule has 1 atom stereocenters. The largest absolute Gasteiger partial charge is 0.497 e. The van der Waals surface area contributed by atoms with E-state index in [1.54, 1.807) is 18.4 Å². The summed E-state index contributed by atoms with van der Waals surface area (Å²) in [5.41, 5.74) is 2.48. The molecule has 1 aliphatic heterocycles. The summed E-state index contributed by atoms with van der Waals surface area (Å²) in [6.45, 7) is 2.95. The molecule has 0 radical (unpaired) electrons. The number of carbonyl (C=O) groups is 1. The number of amides is 1. The molecule has 1 aromatic carbocycles. The molecule has 0 bridgehead atoms. The number of rotatable bonds is 8. The fraction of sp³-hybridized carbons (Fsp3) is 0.476. The third-order valence-electron chi connectivity index (χ3n) is 5.05. The van der Waals surface area contributed by atoms with E-state index in [2.05, 4.69) is 27.0 Å². The Kier molecular flexibility index (Phi) is 7.09. The number of piperidine rings is 1. The van der Waals surface area contributed by atoms with Gasteiger partial charge in [0.25, 0.3) is 0 Å². The van der Waals surface area contributed by atoms with Crippen molar-refractivity contribution in [3.05, 3.63) is 52.2 Å². The Bertz CT molecular complexity index is 664. The van der Waals surface area contributed by atoms with Crippen LogP contribution in [0.25, 0.3) is 0 Å². The maximum absolute atomic E-state index is 12.3. The summed E-state index contributed by atoms with van der Waals surface area (Å²) in [6, 6.07) is 10.4. The Balaban J connectivity index is 1.50. The Hall–Kier alpha value is -1.85. The number of aryl methyl sites for hydroxylation is 1. The van der Waals surface area contributed by atoms with Crippen molar-refractivity contribution in [2.75, 3.05) is 26.7 Å². The van der Waals surface area contributed by atoms with Crippen LogP contribution in [0.5, 0.6) is 5.75 Å². The first-order valence-corrected chi connectivity index (χ1v) is 10.4. The van der Waals surface area contributed by atoms with Gasteiger partial charge in [0.2, 0.25) is 5.91 Å². The number of hydrogen-bond donors (Lipinski definition) is 1. The second-order valence-electron chi connectivity index (χ2n) is 6.82. The Morgan fingerprint density at radius 1 is 1.19 bits per heavy atom. The van der Waals surface area contributed by atoms with E-state index < -0.39 is 0 Å². The number of nitrogens with one attached hydrogen (secondary N) is 1. The fourth-order valence-electron chi connectivity index (χ4n) is 3.50. The molecular weight excluding hydrogens is 344 g/mol. The fourth-order valence-corrected chi connectivity index (χ4v) is 4.21. The van der Waals surface area contributed by atoms with E-state index in [0.29, 0.717) is 19.0 Å². The zero-order valence-electron chi connectivity index (χ0n) is 15.4. The van der Waals surface area contributed by atoms with Crippen LogP contribution >= 0.6 is 11.3 Å². The molecule has 1 fully saturated rings. The molecule has 2 aromatic rings. The average Bonchev–Trinajstić information content (AvgIpc) is 3.22. The van der Waals surface area contributed by atoms with E-state index in [0.717, 1.165) is 30.8 Å². The van der Waals surface area contributed by atoms with Gasteiger partial charge >= 0.3 is 0 Å². The molecule has 1 unspecified atom stereocenters. The van der Waals surface area contributed by atoms with Gasteiger partial charge in [0.1, 0.15) is 5.75 Å². The molecule has 5 heteroatoms. The minimum absolute atomic E-state index is 0.123. The molecule has 0 spiro atoms. The average molecular weight is 373 g/mol. The van der Waals surface area contributed by atoms with Crippen molar-refractivity contribution in [1.82, 2.24) is 10.2 Å². The lowest BCUT2D eigenvalue weighted by Gasteiger charge is -2.34. The number of methoxy groups -OCH3 is 1.